The van der Waals surface area contributed by atoms with Gasteiger partial charge in [0.05, 0.1) is 13.2 Å². The molecule has 0 aliphatic carbocycles. The first kappa shape index (κ1) is 21.8. The molecule has 1 aliphatic heterocycles. The minimum atomic E-state index is -0.704. The molecule has 0 saturated carbocycles. The highest BCUT2D eigenvalue weighted by Gasteiger charge is 2.22. The van der Waals surface area contributed by atoms with Crippen LogP contribution in [0.3, 0.4) is 0 Å². The van der Waals surface area contributed by atoms with Crippen LogP contribution in [0.2, 0.25) is 0 Å². The molecule has 0 radical (unpaired) electrons. The third-order valence-corrected chi connectivity index (χ3v) is 5.07. The third-order valence-electron chi connectivity index (χ3n) is 5.07. The van der Waals surface area contributed by atoms with Crippen LogP contribution in [0, 0.1) is 5.92 Å². The molecule has 2 aromatic carbocycles. The van der Waals surface area contributed by atoms with E-state index in [4.69, 9.17) is 4.74 Å². The topological polar surface area (TPSA) is 70.7 Å². The van der Waals surface area contributed by atoms with Crippen LogP contribution in [-0.4, -0.2) is 38.1 Å². The number of benzene rings is 2. The van der Waals surface area contributed by atoms with Crippen LogP contribution in [0.15, 0.2) is 54.6 Å². The first-order valence-electron chi connectivity index (χ1n) is 10.6. The number of anilines is 1. The normalized spacial score (nSPS) is 15.0. The molecule has 1 atom stereocenters. The van der Waals surface area contributed by atoms with Gasteiger partial charge in [0, 0.05) is 31.7 Å². The molecule has 0 bridgehead atoms. The molecule has 1 fully saturated rings. The summed E-state index contributed by atoms with van der Waals surface area (Å²) in [5, 5.41) is 5.85. The Hall–Kier alpha value is -2.86. The van der Waals surface area contributed by atoms with Crippen molar-refractivity contribution in [3.8, 4) is 0 Å². The van der Waals surface area contributed by atoms with Gasteiger partial charge in [-0.25, -0.2) is 0 Å². The van der Waals surface area contributed by atoms with Crippen molar-refractivity contribution in [2.75, 3.05) is 31.2 Å². The number of hydrogen-bond donors (Lipinski definition) is 2. The SMILES string of the molecule is CC(C)CC(=O)NC(C(=O)NCc1ccc(N2CCOCC2)cc1)c1ccccc1. The van der Waals surface area contributed by atoms with Crippen LogP contribution in [0.4, 0.5) is 5.69 Å². The van der Waals surface area contributed by atoms with Crippen molar-refractivity contribution < 1.29 is 14.3 Å². The third kappa shape index (κ3) is 6.32. The van der Waals surface area contributed by atoms with Crippen molar-refractivity contribution in [3.63, 3.8) is 0 Å². The van der Waals surface area contributed by atoms with Crippen molar-refractivity contribution in [3.05, 3.63) is 65.7 Å². The minimum Gasteiger partial charge on any atom is -0.378 e. The Labute approximate surface area is 178 Å². The van der Waals surface area contributed by atoms with Crippen molar-refractivity contribution in [1.82, 2.24) is 10.6 Å². The fraction of sp³-hybridized carbons (Fsp3) is 0.417. The fourth-order valence-electron chi connectivity index (χ4n) is 3.47. The van der Waals surface area contributed by atoms with Gasteiger partial charge in [-0.2, -0.15) is 0 Å². The Morgan fingerprint density at radius 3 is 2.30 bits per heavy atom. The molecular formula is C24H31N3O3. The lowest BCUT2D eigenvalue weighted by atomic mass is 10.0. The lowest BCUT2D eigenvalue weighted by molar-refractivity contribution is -0.129. The second-order valence-electron chi connectivity index (χ2n) is 7.99. The minimum absolute atomic E-state index is 0.121. The van der Waals surface area contributed by atoms with Gasteiger partial charge in [0.1, 0.15) is 6.04 Å². The van der Waals surface area contributed by atoms with E-state index in [-0.39, 0.29) is 17.7 Å². The van der Waals surface area contributed by atoms with Crippen molar-refractivity contribution >= 4 is 17.5 Å². The number of ether oxygens (including phenoxy) is 1. The molecule has 1 heterocycles. The van der Waals surface area contributed by atoms with E-state index >= 15 is 0 Å². The van der Waals surface area contributed by atoms with Gasteiger partial charge in [-0.1, -0.05) is 56.3 Å². The fourth-order valence-corrected chi connectivity index (χ4v) is 3.47. The Kier molecular flexibility index (Phi) is 7.85. The van der Waals surface area contributed by atoms with Gasteiger partial charge in [-0.3, -0.25) is 9.59 Å². The van der Waals surface area contributed by atoms with Crippen molar-refractivity contribution in [2.24, 2.45) is 5.92 Å². The first-order valence-corrected chi connectivity index (χ1v) is 10.6. The van der Waals surface area contributed by atoms with Crippen LogP contribution in [0.5, 0.6) is 0 Å². The molecule has 160 valence electrons. The first-order chi connectivity index (χ1) is 14.5. The predicted octanol–water partition coefficient (Wildman–Crippen LogP) is 3.04. The molecule has 0 aromatic heterocycles. The van der Waals surface area contributed by atoms with Crippen molar-refractivity contribution in [1.29, 1.82) is 0 Å². The zero-order valence-electron chi connectivity index (χ0n) is 17.8. The summed E-state index contributed by atoms with van der Waals surface area (Å²) >= 11 is 0. The molecule has 3 rings (SSSR count). The maximum Gasteiger partial charge on any atom is 0.247 e. The second kappa shape index (κ2) is 10.8. The maximum atomic E-state index is 12.9. The van der Waals surface area contributed by atoms with Crippen LogP contribution in [0.25, 0.3) is 0 Å². The Morgan fingerprint density at radius 1 is 1.00 bits per heavy atom. The highest BCUT2D eigenvalue weighted by Crippen LogP contribution is 2.18. The maximum absolute atomic E-state index is 12.9. The number of nitrogens with one attached hydrogen (secondary N) is 2. The molecular weight excluding hydrogens is 378 g/mol. The summed E-state index contributed by atoms with van der Waals surface area (Å²) in [6, 6.07) is 16.9. The quantitative estimate of drug-likeness (QED) is 0.703. The Balaban J connectivity index is 1.61. The van der Waals surface area contributed by atoms with Gasteiger partial charge in [-0.05, 0) is 29.2 Å². The van der Waals surface area contributed by atoms with E-state index in [0.717, 1.165) is 43.1 Å². The molecule has 2 amide bonds. The predicted molar refractivity (Wildman–Crippen MR) is 118 cm³/mol. The molecule has 0 spiro atoms. The van der Waals surface area contributed by atoms with Gasteiger partial charge < -0.3 is 20.3 Å². The summed E-state index contributed by atoms with van der Waals surface area (Å²) in [4.78, 5) is 27.5. The van der Waals surface area contributed by atoms with Gasteiger partial charge in [0.15, 0.2) is 0 Å². The van der Waals surface area contributed by atoms with Gasteiger partial charge in [0.25, 0.3) is 0 Å². The largest absolute Gasteiger partial charge is 0.378 e. The van der Waals surface area contributed by atoms with E-state index in [1.54, 1.807) is 0 Å². The summed E-state index contributed by atoms with van der Waals surface area (Å²) < 4.78 is 5.40. The summed E-state index contributed by atoms with van der Waals surface area (Å²) in [5.74, 6) is -0.103. The van der Waals surface area contributed by atoms with Gasteiger partial charge in [-0.15, -0.1) is 0 Å². The zero-order chi connectivity index (χ0) is 21.3. The number of amides is 2. The van der Waals surface area contributed by atoms with Gasteiger partial charge in [0.2, 0.25) is 11.8 Å². The molecule has 6 heteroatoms. The van der Waals surface area contributed by atoms with E-state index < -0.39 is 6.04 Å². The number of carbonyl (C=O) groups excluding carboxylic acids is 2. The van der Waals surface area contributed by atoms with Crippen LogP contribution in [0.1, 0.15) is 37.4 Å². The summed E-state index contributed by atoms with van der Waals surface area (Å²) in [6.07, 6.45) is 0.389. The molecule has 6 nitrogen and oxygen atoms in total. The summed E-state index contributed by atoms with van der Waals surface area (Å²) in [7, 11) is 0. The molecule has 2 N–H and O–H groups in total. The molecule has 2 aromatic rings. The molecule has 1 saturated heterocycles. The summed E-state index contributed by atoms with van der Waals surface area (Å²) in [5.41, 5.74) is 2.95. The molecule has 1 aliphatic rings. The van der Waals surface area contributed by atoms with Crippen LogP contribution < -0.4 is 15.5 Å². The number of carbonyl (C=O) groups is 2. The molecule has 30 heavy (non-hydrogen) atoms. The van der Waals surface area contributed by atoms with Crippen molar-refractivity contribution in [2.45, 2.75) is 32.9 Å². The number of morpholine rings is 1. The average Bonchev–Trinajstić information content (AvgIpc) is 2.77. The van der Waals surface area contributed by atoms with E-state index in [2.05, 4.69) is 27.7 Å². The lowest BCUT2D eigenvalue weighted by Gasteiger charge is -2.29. The van der Waals surface area contributed by atoms with E-state index in [1.807, 2.05) is 56.3 Å². The standard InChI is InChI=1S/C24H31N3O3/c1-18(2)16-22(28)26-23(20-6-4-3-5-7-20)24(29)25-17-19-8-10-21(11-9-19)27-12-14-30-15-13-27/h3-11,18,23H,12-17H2,1-2H3,(H,25,29)(H,26,28). The number of hydrogen-bond acceptors (Lipinski definition) is 4. The number of rotatable bonds is 8. The Morgan fingerprint density at radius 2 is 1.67 bits per heavy atom. The van der Waals surface area contributed by atoms with Gasteiger partial charge >= 0.3 is 0 Å². The summed E-state index contributed by atoms with van der Waals surface area (Å²) in [6.45, 7) is 7.67. The van der Waals surface area contributed by atoms with E-state index in [9.17, 15) is 9.59 Å². The second-order valence-corrected chi connectivity index (χ2v) is 7.99. The van der Waals surface area contributed by atoms with Crippen LogP contribution >= 0.6 is 0 Å². The highest BCUT2D eigenvalue weighted by atomic mass is 16.5. The Bertz CT molecular complexity index is 815. The van der Waals surface area contributed by atoms with Crippen LogP contribution in [-0.2, 0) is 20.9 Å². The smallest absolute Gasteiger partial charge is 0.247 e. The van der Waals surface area contributed by atoms with E-state index in [1.165, 1.54) is 0 Å². The molecule has 1 unspecified atom stereocenters. The van der Waals surface area contributed by atoms with E-state index in [0.29, 0.717) is 13.0 Å². The lowest BCUT2D eigenvalue weighted by Crippen LogP contribution is -2.40. The monoisotopic (exact) mass is 409 g/mol. The average molecular weight is 410 g/mol. The zero-order valence-corrected chi connectivity index (χ0v) is 17.8. The highest BCUT2D eigenvalue weighted by molar-refractivity contribution is 5.88. The number of nitrogens with zero attached hydrogens (tertiary/aromatic N) is 1.